The number of nitriles is 1. The highest BCUT2D eigenvalue weighted by atomic mass is 35.5. The van der Waals surface area contributed by atoms with E-state index in [1.807, 2.05) is 6.07 Å². The van der Waals surface area contributed by atoms with Crippen molar-refractivity contribution in [3.63, 3.8) is 0 Å². The molecular weight excluding hydrogens is 697 g/mol. The summed E-state index contributed by atoms with van der Waals surface area (Å²) in [7, 11) is -4.54. The number of amides is 3. The van der Waals surface area contributed by atoms with Crippen LogP contribution in [0.3, 0.4) is 0 Å². The molecule has 3 fully saturated rings. The molecule has 3 aliphatic rings. The molecule has 1 aliphatic carbocycles. The van der Waals surface area contributed by atoms with E-state index < -0.39 is 96.8 Å². The molecule has 47 heavy (non-hydrogen) atoms. The van der Waals surface area contributed by atoms with E-state index in [-0.39, 0.29) is 23.7 Å². The lowest BCUT2D eigenvalue weighted by Gasteiger charge is -2.50. The maximum absolute atomic E-state index is 15.3. The monoisotopic (exact) mass is 721 g/mol. The number of aromatic nitrogens is 1. The molecule has 0 bridgehead atoms. The van der Waals surface area contributed by atoms with E-state index in [2.05, 4.69) is 10.3 Å². The zero-order chi connectivity index (χ0) is 34.7. The quantitative estimate of drug-likeness (QED) is 0.382. The highest BCUT2D eigenvalue weighted by Gasteiger charge is 2.62. The molecule has 3 amide bonds. The van der Waals surface area contributed by atoms with Crippen LogP contribution in [0.1, 0.15) is 38.3 Å². The number of benzene rings is 1. The van der Waals surface area contributed by atoms with Crippen LogP contribution in [0, 0.1) is 17.1 Å². The number of hydrogen-bond donors (Lipinski definition) is 2. The molecule has 2 N–H and O–H groups in total. The molecule has 1 aromatic carbocycles. The summed E-state index contributed by atoms with van der Waals surface area (Å²) < 4.78 is 86.8. The van der Waals surface area contributed by atoms with Gasteiger partial charge in [-0.15, -0.1) is 0 Å². The Morgan fingerprint density at radius 1 is 1.21 bits per heavy atom. The number of alkyl halides is 3. The van der Waals surface area contributed by atoms with Crippen LogP contribution in [0.4, 0.5) is 22.4 Å². The molecule has 0 spiro atoms. The Bertz CT molecular complexity index is 1800. The number of carbonyl (C=O) groups excluding carboxylic acids is 2. The van der Waals surface area contributed by atoms with Crippen LogP contribution in [-0.2, 0) is 25.0 Å². The average Bonchev–Trinajstić information content (AvgIpc) is 3.57. The van der Waals surface area contributed by atoms with E-state index in [0.29, 0.717) is 17.7 Å². The summed E-state index contributed by atoms with van der Waals surface area (Å²) in [5.41, 5.74) is -4.12. The number of pyridine rings is 1. The van der Waals surface area contributed by atoms with Crippen molar-refractivity contribution in [3.05, 3.63) is 52.0 Å². The number of halogens is 6. The molecule has 1 unspecified atom stereocenters. The van der Waals surface area contributed by atoms with Crippen LogP contribution in [-0.4, -0.2) is 88.4 Å². The number of nitrogens with zero attached hydrogens (tertiary/aromatic N) is 4. The van der Waals surface area contributed by atoms with Crippen molar-refractivity contribution < 1.29 is 50.2 Å². The largest absolute Gasteiger partial charge is 0.481 e. The second-order valence-electron chi connectivity index (χ2n) is 11.5. The van der Waals surface area contributed by atoms with Crippen LogP contribution >= 0.6 is 23.2 Å². The number of sulfone groups is 1. The number of ether oxygens (including phenoxy) is 1. The lowest BCUT2D eigenvalue weighted by molar-refractivity contribution is -0.189. The van der Waals surface area contributed by atoms with E-state index in [9.17, 15) is 46.3 Å². The van der Waals surface area contributed by atoms with Gasteiger partial charge in [0.25, 0.3) is 5.91 Å². The third-order valence-electron chi connectivity index (χ3n) is 8.52. The SMILES string of the molecule is C[C@H](Oc1ccc(S(=O)(=O)[C@@H]2C[C@@H](C(=O)NC3(C#N)CC3)N(C(=O)C3(c4ncc(Cl)cc4F)CCN3C(=O)O)C2)c(Cl)c1)C(F)(F)F. The molecule has 2 saturated heterocycles. The predicted octanol–water partition coefficient (Wildman–Crippen LogP) is 4.05. The van der Waals surface area contributed by atoms with Crippen LogP contribution in [0.5, 0.6) is 5.75 Å². The Kier molecular flexibility index (Phi) is 8.78. The van der Waals surface area contributed by atoms with Crippen molar-refractivity contribution in [1.29, 1.82) is 5.26 Å². The first-order valence-corrected chi connectivity index (χ1v) is 16.3. The minimum Gasteiger partial charge on any atom is -0.481 e. The molecule has 3 heterocycles. The van der Waals surface area contributed by atoms with Gasteiger partial charge in [-0.25, -0.2) is 17.6 Å². The predicted molar refractivity (Wildman–Crippen MR) is 155 cm³/mol. The van der Waals surface area contributed by atoms with E-state index in [1.54, 1.807) is 0 Å². The van der Waals surface area contributed by atoms with Crippen molar-refractivity contribution in [2.75, 3.05) is 13.1 Å². The van der Waals surface area contributed by atoms with Crippen LogP contribution in [0.25, 0.3) is 0 Å². The Labute approximate surface area is 275 Å². The second kappa shape index (κ2) is 12.0. The van der Waals surface area contributed by atoms with Gasteiger partial charge in [0.1, 0.15) is 28.8 Å². The van der Waals surface area contributed by atoms with Gasteiger partial charge in [-0.05, 0) is 44.4 Å². The molecule has 4 atom stereocenters. The number of likely N-dealkylation sites (tertiary alicyclic amines) is 2. The molecule has 252 valence electrons. The van der Waals surface area contributed by atoms with E-state index in [4.69, 9.17) is 27.9 Å². The van der Waals surface area contributed by atoms with Gasteiger partial charge in [-0.1, -0.05) is 23.2 Å². The molecule has 19 heteroatoms. The van der Waals surface area contributed by atoms with Crippen LogP contribution in [0.2, 0.25) is 10.0 Å². The van der Waals surface area contributed by atoms with E-state index in [0.717, 1.165) is 42.3 Å². The first-order chi connectivity index (χ1) is 21.9. The lowest BCUT2D eigenvalue weighted by atomic mass is 9.79. The number of carboxylic acid groups (broad SMARTS) is 1. The third kappa shape index (κ3) is 6.14. The van der Waals surface area contributed by atoms with Crippen LogP contribution < -0.4 is 10.1 Å². The number of carbonyl (C=O) groups is 3. The Balaban J connectivity index is 1.52. The zero-order valence-corrected chi connectivity index (χ0v) is 26.6. The second-order valence-corrected chi connectivity index (χ2v) is 14.5. The maximum atomic E-state index is 15.3. The standard InChI is InChI=1S/C28H25Cl2F4N5O7S/c1-14(28(32,33)34)46-16-2-3-21(18(30)9-16)47(44,45)17-10-20(23(40)37-26(13-35)4-5-26)38(12-17)24(41)27(6-7-39(27)25(42)43)22-19(31)8-15(29)11-36-22/h2-3,8-9,11,14,17,20H,4-7,10,12H2,1H3,(H,37,40)(H,42,43)/t14-,17+,20-,27?/m0/s1. The Hall–Kier alpha value is -3.88. The van der Waals surface area contributed by atoms with Crippen molar-refractivity contribution in [1.82, 2.24) is 20.1 Å². The van der Waals surface area contributed by atoms with E-state index >= 15 is 4.39 Å². The van der Waals surface area contributed by atoms with E-state index in [1.165, 1.54) is 0 Å². The minimum absolute atomic E-state index is 0.146. The van der Waals surface area contributed by atoms with Gasteiger partial charge in [0.15, 0.2) is 21.5 Å². The first-order valence-electron chi connectivity index (χ1n) is 14.0. The fourth-order valence-electron chi connectivity index (χ4n) is 5.67. The Morgan fingerprint density at radius 2 is 1.89 bits per heavy atom. The molecule has 0 radical (unpaired) electrons. The van der Waals surface area contributed by atoms with Gasteiger partial charge in [0.2, 0.25) is 5.91 Å². The summed E-state index contributed by atoms with van der Waals surface area (Å²) in [5.74, 6) is -3.51. The highest BCUT2D eigenvalue weighted by molar-refractivity contribution is 7.92. The van der Waals surface area contributed by atoms with Crippen molar-refractivity contribution in [3.8, 4) is 11.8 Å². The molecular formula is C28H25Cl2F4N5O7S. The van der Waals surface area contributed by atoms with Gasteiger partial charge in [-0.2, -0.15) is 18.4 Å². The van der Waals surface area contributed by atoms with Gasteiger partial charge >= 0.3 is 12.3 Å². The third-order valence-corrected chi connectivity index (χ3v) is 11.3. The molecule has 1 aromatic heterocycles. The van der Waals surface area contributed by atoms with Crippen molar-refractivity contribution in [2.45, 2.75) is 72.2 Å². The molecule has 1 saturated carbocycles. The normalized spacial score (nSPS) is 24.1. The fourth-order valence-corrected chi connectivity index (χ4v) is 8.05. The molecule has 2 aromatic rings. The molecule has 5 rings (SSSR count). The summed E-state index contributed by atoms with van der Waals surface area (Å²) in [6.07, 6.45) is -7.77. The van der Waals surface area contributed by atoms with Crippen molar-refractivity contribution >= 4 is 50.9 Å². The molecule has 12 nitrogen and oxygen atoms in total. The summed E-state index contributed by atoms with van der Waals surface area (Å²) in [5, 5.41) is 19.8. The first kappa shape index (κ1) is 34.5. The van der Waals surface area contributed by atoms with Gasteiger partial charge in [-0.3, -0.25) is 19.5 Å². The Morgan fingerprint density at radius 3 is 2.40 bits per heavy atom. The van der Waals surface area contributed by atoms with Gasteiger partial charge in [0.05, 0.1) is 26.3 Å². The minimum atomic E-state index is -4.71. The smallest absolute Gasteiger partial charge is 0.425 e. The number of nitrogens with one attached hydrogen (secondary N) is 1. The summed E-state index contributed by atoms with van der Waals surface area (Å²) in [6.45, 7) is -0.160. The summed E-state index contributed by atoms with van der Waals surface area (Å²) in [6, 6.07) is 3.99. The summed E-state index contributed by atoms with van der Waals surface area (Å²) in [4.78, 5) is 44.9. The number of rotatable bonds is 8. The van der Waals surface area contributed by atoms with Gasteiger partial charge < -0.3 is 20.1 Å². The lowest BCUT2D eigenvalue weighted by Crippen LogP contribution is -2.68. The highest BCUT2D eigenvalue weighted by Crippen LogP contribution is 2.45. The zero-order valence-electron chi connectivity index (χ0n) is 24.2. The topological polar surface area (TPSA) is 170 Å². The van der Waals surface area contributed by atoms with Gasteiger partial charge in [0, 0.05) is 31.8 Å². The molecule has 2 aliphatic heterocycles. The summed E-state index contributed by atoms with van der Waals surface area (Å²) >= 11 is 12.0. The fraction of sp³-hybridized carbons (Fsp3) is 0.464. The van der Waals surface area contributed by atoms with Crippen molar-refractivity contribution in [2.24, 2.45) is 0 Å². The maximum Gasteiger partial charge on any atom is 0.425 e. The average molecular weight is 723 g/mol. The number of hydrogen-bond acceptors (Lipinski definition) is 8. The van der Waals surface area contributed by atoms with Crippen LogP contribution in [0.15, 0.2) is 35.4 Å².